The van der Waals surface area contributed by atoms with E-state index in [4.69, 9.17) is 0 Å². The molecule has 9 nitrogen and oxygen atoms in total. The number of rotatable bonds is 1. The molecule has 0 aliphatic carbocycles. The third-order valence-electron chi connectivity index (χ3n) is 4.39. The summed E-state index contributed by atoms with van der Waals surface area (Å²) in [5.74, 6) is -2.13. The molecule has 0 bridgehead atoms. The van der Waals surface area contributed by atoms with Crippen LogP contribution in [0.5, 0.6) is 0 Å². The Hall–Kier alpha value is -3.93. The van der Waals surface area contributed by atoms with Gasteiger partial charge in [-0.25, -0.2) is 4.79 Å². The third kappa shape index (κ3) is 2.55. The number of H-pyrrole nitrogens is 1. The summed E-state index contributed by atoms with van der Waals surface area (Å²) in [6.45, 7) is 0. The summed E-state index contributed by atoms with van der Waals surface area (Å²) in [7, 11) is 3.94. The molecule has 1 fully saturated rings. The fourth-order valence-corrected chi connectivity index (χ4v) is 2.96. The standard InChI is InChI=1S/C18H15N5O4/c1-20-15(24)11(8-19)13-9-6-4-5-7-10(9)14(21-13)12-16(25)22(2)18(27)23(3)17(12)26/h4-7,21H,1-3H3,(H,20,24)/b13-11-. The second kappa shape index (κ2) is 6.42. The van der Waals surface area contributed by atoms with Gasteiger partial charge in [-0.15, -0.1) is 0 Å². The van der Waals surface area contributed by atoms with Gasteiger partial charge in [-0.05, 0) is 0 Å². The number of aromatic nitrogens is 1. The highest BCUT2D eigenvalue weighted by Crippen LogP contribution is 2.16. The molecule has 136 valence electrons. The Balaban J connectivity index is 2.54. The van der Waals surface area contributed by atoms with E-state index in [0.29, 0.717) is 10.8 Å². The minimum atomic E-state index is -0.764. The molecule has 1 aliphatic heterocycles. The second-order valence-corrected chi connectivity index (χ2v) is 5.87. The van der Waals surface area contributed by atoms with Crippen LogP contribution in [0, 0.1) is 11.3 Å². The normalized spacial score (nSPS) is 15.9. The number of carbonyl (C=O) groups excluding carboxylic acids is 4. The Bertz CT molecular complexity index is 1160. The summed E-state index contributed by atoms with van der Waals surface area (Å²) >= 11 is 0. The number of nitriles is 1. The van der Waals surface area contributed by atoms with E-state index in [2.05, 4.69) is 10.3 Å². The van der Waals surface area contributed by atoms with Gasteiger partial charge >= 0.3 is 6.03 Å². The minimum Gasteiger partial charge on any atom is -0.354 e. The van der Waals surface area contributed by atoms with Gasteiger partial charge in [-0.2, -0.15) is 5.26 Å². The van der Waals surface area contributed by atoms with Gasteiger partial charge in [0.2, 0.25) is 0 Å². The van der Waals surface area contributed by atoms with Crippen LogP contribution in [0.1, 0.15) is 0 Å². The van der Waals surface area contributed by atoms with Crippen molar-refractivity contribution in [1.29, 1.82) is 5.26 Å². The highest BCUT2D eigenvalue weighted by molar-refractivity contribution is 6.46. The largest absolute Gasteiger partial charge is 0.354 e. The molecule has 1 aromatic carbocycles. The van der Waals surface area contributed by atoms with Crippen LogP contribution in [0.2, 0.25) is 0 Å². The van der Waals surface area contributed by atoms with Crippen molar-refractivity contribution in [3.05, 3.63) is 35.0 Å². The third-order valence-corrected chi connectivity index (χ3v) is 4.39. The molecule has 27 heavy (non-hydrogen) atoms. The number of amides is 5. The van der Waals surface area contributed by atoms with Crippen molar-refractivity contribution in [2.75, 3.05) is 21.1 Å². The molecule has 1 saturated heterocycles. The molecule has 0 saturated carbocycles. The lowest BCUT2D eigenvalue weighted by Gasteiger charge is -2.28. The summed E-state index contributed by atoms with van der Waals surface area (Å²) in [4.78, 5) is 53.8. The Kier molecular flexibility index (Phi) is 4.25. The van der Waals surface area contributed by atoms with E-state index in [1.807, 2.05) is 6.07 Å². The summed E-state index contributed by atoms with van der Waals surface area (Å²) in [5, 5.41) is 13.1. The van der Waals surface area contributed by atoms with Crippen LogP contribution in [0.3, 0.4) is 0 Å². The maximum absolute atomic E-state index is 12.6. The summed E-state index contributed by atoms with van der Waals surface area (Å²) in [5.41, 5.74) is -0.426. The SMILES string of the molecule is CNC(=O)/C(C#N)=c1\[nH]c(=C2C(=O)N(C)C(=O)N(C)C2=O)c2ccccc12. The van der Waals surface area contributed by atoms with E-state index in [9.17, 15) is 24.4 Å². The summed E-state index contributed by atoms with van der Waals surface area (Å²) in [6, 6.07) is 7.84. The van der Waals surface area contributed by atoms with Gasteiger partial charge in [0.15, 0.2) is 0 Å². The zero-order valence-corrected chi connectivity index (χ0v) is 14.8. The van der Waals surface area contributed by atoms with Gasteiger partial charge in [0.1, 0.15) is 17.2 Å². The van der Waals surface area contributed by atoms with Crippen LogP contribution in [-0.4, -0.2) is 59.7 Å². The van der Waals surface area contributed by atoms with Gasteiger partial charge < -0.3 is 10.3 Å². The maximum Gasteiger partial charge on any atom is 0.333 e. The lowest BCUT2D eigenvalue weighted by Crippen LogP contribution is -2.54. The first-order chi connectivity index (χ1) is 12.8. The Morgan fingerprint density at radius 1 is 1.07 bits per heavy atom. The number of hydrogen-bond donors (Lipinski definition) is 2. The highest BCUT2D eigenvalue weighted by atomic mass is 16.2. The second-order valence-electron chi connectivity index (χ2n) is 5.87. The van der Waals surface area contributed by atoms with E-state index in [1.165, 1.54) is 21.1 Å². The quantitative estimate of drug-likeness (QED) is 0.656. The van der Waals surface area contributed by atoms with E-state index >= 15 is 0 Å². The van der Waals surface area contributed by atoms with Crippen LogP contribution >= 0.6 is 0 Å². The van der Waals surface area contributed by atoms with Crippen molar-refractivity contribution in [2.24, 2.45) is 0 Å². The smallest absolute Gasteiger partial charge is 0.333 e. The number of hydrogen-bond acceptors (Lipinski definition) is 5. The molecule has 0 radical (unpaired) electrons. The first-order valence-electron chi connectivity index (χ1n) is 7.91. The van der Waals surface area contributed by atoms with Crippen molar-refractivity contribution in [3.63, 3.8) is 0 Å². The predicted octanol–water partition coefficient (Wildman–Crippen LogP) is -1.21. The van der Waals surface area contributed by atoms with Gasteiger partial charge in [0.05, 0.1) is 10.7 Å². The molecule has 0 spiro atoms. The molecular formula is C18H15N5O4. The van der Waals surface area contributed by atoms with Gasteiger partial charge in [0, 0.05) is 31.9 Å². The van der Waals surface area contributed by atoms with Crippen molar-refractivity contribution >= 4 is 45.7 Å². The van der Waals surface area contributed by atoms with Crippen molar-refractivity contribution in [1.82, 2.24) is 20.1 Å². The number of barbiturate groups is 1. The molecule has 5 amide bonds. The van der Waals surface area contributed by atoms with Crippen LogP contribution in [0.4, 0.5) is 4.79 Å². The first-order valence-corrected chi connectivity index (χ1v) is 7.91. The van der Waals surface area contributed by atoms with Crippen LogP contribution in [-0.2, 0) is 14.4 Å². The molecule has 2 aromatic rings. The number of nitrogens with zero attached hydrogens (tertiary/aromatic N) is 3. The van der Waals surface area contributed by atoms with Gasteiger partial charge in [0.25, 0.3) is 17.7 Å². The number of nitrogens with one attached hydrogen (secondary N) is 2. The number of benzene rings is 1. The number of aromatic amines is 1. The monoisotopic (exact) mass is 365 g/mol. The lowest BCUT2D eigenvalue weighted by molar-refractivity contribution is -0.131. The molecule has 0 unspecified atom stereocenters. The number of fused-ring (bicyclic) bond motifs is 1. The number of imide groups is 2. The summed E-state index contributed by atoms with van der Waals surface area (Å²) in [6.07, 6.45) is 0. The molecule has 3 rings (SSSR count). The topological polar surface area (TPSA) is 126 Å². The molecule has 9 heteroatoms. The first kappa shape index (κ1) is 17.9. The molecule has 0 atom stereocenters. The van der Waals surface area contributed by atoms with Gasteiger partial charge in [-0.1, -0.05) is 24.3 Å². The summed E-state index contributed by atoms with van der Waals surface area (Å²) < 4.78 is 0. The zero-order valence-electron chi connectivity index (χ0n) is 14.8. The fraction of sp³-hybridized carbons (Fsp3) is 0.167. The number of urea groups is 1. The predicted molar refractivity (Wildman–Crippen MR) is 95.0 cm³/mol. The molecule has 2 heterocycles. The average Bonchev–Trinajstić information content (AvgIpc) is 3.05. The average molecular weight is 365 g/mol. The molecule has 2 N–H and O–H groups in total. The Morgan fingerprint density at radius 3 is 2.15 bits per heavy atom. The fourth-order valence-electron chi connectivity index (χ4n) is 2.96. The minimum absolute atomic E-state index is 0.151. The molecular weight excluding hydrogens is 350 g/mol. The van der Waals surface area contributed by atoms with Crippen LogP contribution < -0.4 is 16.0 Å². The van der Waals surface area contributed by atoms with Crippen molar-refractivity contribution in [3.8, 4) is 6.07 Å². The molecule has 1 aliphatic rings. The lowest BCUT2D eigenvalue weighted by atomic mass is 10.1. The van der Waals surface area contributed by atoms with Crippen LogP contribution in [0.15, 0.2) is 24.3 Å². The van der Waals surface area contributed by atoms with E-state index < -0.39 is 23.8 Å². The Labute approximate surface area is 153 Å². The van der Waals surface area contributed by atoms with Crippen molar-refractivity contribution in [2.45, 2.75) is 0 Å². The van der Waals surface area contributed by atoms with Gasteiger partial charge in [-0.3, -0.25) is 24.2 Å². The Morgan fingerprint density at radius 2 is 1.63 bits per heavy atom. The zero-order chi connectivity index (χ0) is 19.9. The highest BCUT2D eigenvalue weighted by Gasteiger charge is 2.39. The van der Waals surface area contributed by atoms with Crippen LogP contribution in [0.25, 0.3) is 21.9 Å². The van der Waals surface area contributed by atoms with E-state index in [1.54, 1.807) is 24.3 Å². The number of carbonyl (C=O) groups is 4. The van der Waals surface area contributed by atoms with E-state index in [0.717, 1.165) is 9.80 Å². The van der Waals surface area contributed by atoms with Crippen molar-refractivity contribution < 1.29 is 19.2 Å². The molecule has 1 aromatic heterocycles. The maximum atomic E-state index is 12.6. The van der Waals surface area contributed by atoms with E-state index in [-0.39, 0.29) is 21.8 Å².